The van der Waals surface area contributed by atoms with E-state index in [0.29, 0.717) is 12.1 Å². The van der Waals surface area contributed by atoms with Crippen molar-refractivity contribution in [3.8, 4) is 6.07 Å². The average Bonchev–Trinajstić information content (AvgIpc) is 2.47. The Balaban J connectivity index is 2.06. The highest BCUT2D eigenvalue weighted by Crippen LogP contribution is 2.36. The lowest BCUT2D eigenvalue weighted by molar-refractivity contribution is -0.0502. The molecule has 0 amide bonds. The van der Waals surface area contributed by atoms with Gasteiger partial charge in [0.05, 0.1) is 25.2 Å². The maximum absolute atomic E-state index is 9.46. The van der Waals surface area contributed by atoms with E-state index in [0.717, 1.165) is 38.5 Å². The van der Waals surface area contributed by atoms with Crippen molar-refractivity contribution < 1.29 is 4.74 Å². The summed E-state index contributed by atoms with van der Waals surface area (Å²) < 4.78 is 5.61. The molecule has 1 heterocycles. The van der Waals surface area contributed by atoms with E-state index in [2.05, 4.69) is 24.8 Å². The van der Waals surface area contributed by atoms with Gasteiger partial charge in [-0.25, -0.2) is 0 Å². The smallest absolute Gasteiger partial charge is 0.0672 e. The first kappa shape index (κ1) is 14.8. The maximum atomic E-state index is 9.46. The first-order chi connectivity index (χ1) is 9.30. The first-order valence-electron chi connectivity index (χ1n) is 8.03. The van der Waals surface area contributed by atoms with E-state index in [-0.39, 0.29) is 5.92 Å². The predicted molar refractivity (Wildman–Crippen MR) is 76.7 cm³/mol. The molecule has 0 N–H and O–H groups in total. The fourth-order valence-corrected chi connectivity index (χ4v) is 3.88. The third-order valence-corrected chi connectivity index (χ3v) is 4.96. The summed E-state index contributed by atoms with van der Waals surface area (Å²) in [5, 5.41) is 9.46. The number of ether oxygens (including phenoxy) is 1. The zero-order chi connectivity index (χ0) is 13.7. The average molecular weight is 264 g/mol. The molecule has 3 heteroatoms. The molecule has 0 aromatic rings. The van der Waals surface area contributed by atoms with Gasteiger partial charge in [-0.2, -0.15) is 5.26 Å². The molecule has 2 rings (SSSR count). The number of morpholine rings is 1. The van der Waals surface area contributed by atoms with Gasteiger partial charge in [0.15, 0.2) is 0 Å². The van der Waals surface area contributed by atoms with Gasteiger partial charge < -0.3 is 4.74 Å². The molecule has 19 heavy (non-hydrogen) atoms. The minimum Gasteiger partial charge on any atom is -0.378 e. The van der Waals surface area contributed by atoms with Gasteiger partial charge in [0, 0.05) is 18.6 Å². The summed E-state index contributed by atoms with van der Waals surface area (Å²) in [4.78, 5) is 2.60. The SMILES string of the molecule is CCCC1CCC(C#N)C(N2CCOCC2CC)C1. The third-order valence-electron chi connectivity index (χ3n) is 4.96. The number of nitrogens with zero attached hydrogens (tertiary/aromatic N) is 2. The number of hydrogen-bond donors (Lipinski definition) is 0. The van der Waals surface area contributed by atoms with Crippen LogP contribution in [-0.4, -0.2) is 36.7 Å². The van der Waals surface area contributed by atoms with E-state index in [1.54, 1.807) is 0 Å². The zero-order valence-electron chi connectivity index (χ0n) is 12.5. The quantitative estimate of drug-likeness (QED) is 0.782. The lowest BCUT2D eigenvalue weighted by Gasteiger charge is -2.45. The summed E-state index contributed by atoms with van der Waals surface area (Å²) in [5.74, 6) is 1.07. The molecule has 1 aliphatic carbocycles. The van der Waals surface area contributed by atoms with Gasteiger partial charge in [-0.1, -0.05) is 26.7 Å². The second-order valence-electron chi connectivity index (χ2n) is 6.15. The van der Waals surface area contributed by atoms with E-state index in [4.69, 9.17) is 4.74 Å². The van der Waals surface area contributed by atoms with Crippen molar-refractivity contribution in [1.82, 2.24) is 4.90 Å². The van der Waals surface area contributed by atoms with Gasteiger partial charge in [0.1, 0.15) is 0 Å². The predicted octanol–water partition coefficient (Wildman–Crippen LogP) is 3.21. The van der Waals surface area contributed by atoms with Gasteiger partial charge in [-0.05, 0) is 31.6 Å². The Labute approximate surface area is 117 Å². The topological polar surface area (TPSA) is 36.3 Å². The van der Waals surface area contributed by atoms with Crippen molar-refractivity contribution in [2.24, 2.45) is 11.8 Å². The van der Waals surface area contributed by atoms with Crippen LogP contribution >= 0.6 is 0 Å². The van der Waals surface area contributed by atoms with Crippen LogP contribution in [0.2, 0.25) is 0 Å². The molecule has 4 unspecified atom stereocenters. The minimum atomic E-state index is 0.236. The molecule has 0 aromatic carbocycles. The molecule has 2 fully saturated rings. The summed E-state index contributed by atoms with van der Waals surface area (Å²) in [7, 11) is 0. The fourth-order valence-electron chi connectivity index (χ4n) is 3.88. The van der Waals surface area contributed by atoms with Gasteiger partial charge in [0.2, 0.25) is 0 Å². The molecular weight excluding hydrogens is 236 g/mol. The molecular formula is C16H28N2O. The zero-order valence-corrected chi connectivity index (χ0v) is 12.5. The van der Waals surface area contributed by atoms with Crippen molar-refractivity contribution in [3.05, 3.63) is 0 Å². The summed E-state index contributed by atoms with van der Waals surface area (Å²) >= 11 is 0. The van der Waals surface area contributed by atoms with E-state index in [9.17, 15) is 5.26 Å². The lowest BCUT2D eigenvalue weighted by atomic mass is 9.76. The second kappa shape index (κ2) is 7.26. The molecule has 0 radical (unpaired) electrons. The monoisotopic (exact) mass is 264 g/mol. The highest BCUT2D eigenvalue weighted by molar-refractivity contribution is 4.99. The highest BCUT2D eigenvalue weighted by Gasteiger charge is 2.37. The van der Waals surface area contributed by atoms with Crippen molar-refractivity contribution in [3.63, 3.8) is 0 Å². The van der Waals surface area contributed by atoms with E-state index >= 15 is 0 Å². The molecule has 0 aromatic heterocycles. The molecule has 0 bridgehead atoms. The minimum absolute atomic E-state index is 0.236. The van der Waals surface area contributed by atoms with Crippen LogP contribution in [-0.2, 0) is 4.74 Å². The Kier molecular flexibility index (Phi) is 5.66. The van der Waals surface area contributed by atoms with Crippen LogP contribution in [0, 0.1) is 23.2 Å². The Morgan fingerprint density at radius 2 is 2.16 bits per heavy atom. The van der Waals surface area contributed by atoms with E-state index in [1.165, 1.54) is 25.7 Å². The van der Waals surface area contributed by atoms with Crippen molar-refractivity contribution in [2.75, 3.05) is 19.8 Å². The molecule has 1 saturated carbocycles. The summed E-state index contributed by atoms with van der Waals surface area (Å²) in [5.41, 5.74) is 0. The molecule has 0 spiro atoms. The summed E-state index contributed by atoms with van der Waals surface area (Å²) in [6.45, 7) is 7.21. The lowest BCUT2D eigenvalue weighted by Crippen LogP contribution is -2.54. The molecule has 1 saturated heterocycles. The fraction of sp³-hybridized carbons (Fsp3) is 0.938. The molecule has 3 nitrogen and oxygen atoms in total. The van der Waals surface area contributed by atoms with Crippen molar-refractivity contribution >= 4 is 0 Å². The Hall–Kier alpha value is -0.590. The maximum Gasteiger partial charge on any atom is 0.0672 e. The first-order valence-corrected chi connectivity index (χ1v) is 8.03. The Morgan fingerprint density at radius 1 is 1.32 bits per heavy atom. The Morgan fingerprint density at radius 3 is 2.84 bits per heavy atom. The summed E-state index contributed by atoms with van der Waals surface area (Å²) in [6.07, 6.45) is 7.31. The molecule has 4 atom stereocenters. The van der Waals surface area contributed by atoms with E-state index in [1.807, 2.05) is 0 Å². The van der Waals surface area contributed by atoms with Gasteiger partial charge in [-0.15, -0.1) is 0 Å². The van der Waals surface area contributed by atoms with Crippen LogP contribution in [0.25, 0.3) is 0 Å². The van der Waals surface area contributed by atoms with Crippen molar-refractivity contribution in [1.29, 1.82) is 5.26 Å². The molecule has 1 aliphatic heterocycles. The third kappa shape index (κ3) is 3.49. The van der Waals surface area contributed by atoms with Gasteiger partial charge in [0.25, 0.3) is 0 Å². The van der Waals surface area contributed by atoms with Crippen LogP contribution in [0.1, 0.15) is 52.4 Å². The number of hydrogen-bond acceptors (Lipinski definition) is 3. The van der Waals surface area contributed by atoms with Crippen LogP contribution in [0.15, 0.2) is 0 Å². The standard InChI is InChI=1S/C16H28N2O/c1-3-5-13-6-7-14(11-17)16(10-13)18-8-9-19-12-15(18)4-2/h13-16H,3-10,12H2,1-2H3. The van der Waals surface area contributed by atoms with Crippen molar-refractivity contribution in [2.45, 2.75) is 64.5 Å². The number of rotatable bonds is 4. The summed E-state index contributed by atoms with van der Waals surface area (Å²) in [6, 6.07) is 3.58. The van der Waals surface area contributed by atoms with Crippen LogP contribution in [0.5, 0.6) is 0 Å². The largest absolute Gasteiger partial charge is 0.378 e. The van der Waals surface area contributed by atoms with Crippen LogP contribution in [0.3, 0.4) is 0 Å². The second-order valence-corrected chi connectivity index (χ2v) is 6.15. The molecule has 108 valence electrons. The van der Waals surface area contributed by atoms with Crippen LogP contribution < -0.4 is 0 Å². The normalized spacial score (nSPS) is 36.9. The van der Waals surface area contributed by atoms with Gasteiger partial charge in [-0.3, -0.25) is 4.90 Å². The Bertz CT molecular complexity index is 312. The molecule has 2 aliphatic rings. The van der Waals surface area contributed by atoms with Crippen LogP contribution in [0.4, 0.5) is 0 Å². The highest BCUT2D eigenvalue weighted by atomic mass is 16.5. The van der Waals surface area contributed by atoms with E-state index < -0.39 is 0 Å². The number of nitriles is 1. The van der Waals surface area contributed by atoms with Gasteiger partial charge >= 0.3 is 0 Å².